The molecule has 0 radical (unpaired) electrons. The molecule has 22 heavy (non-hydrogen) atoms. The molecule has 0 bridgehead atoms. The van der Waals surface area contributed by atoms with E-state index in [1.807, 2.05) is 20.8 Å². The summed E-state index contributed by atoms with van der Waals surface area (Å²) in [4.78, 5) is 26.2. The fourth-order valence-electron chi connectivity index (χ4n) is 3.20. The number of halogens is 1. The molecule has 1 unspecified atom stereocenters. The minimum Gasteiger partial charge on any atom is -0.449 e. The molecule has 0 saturated carbocycles. The molecule has 0 aromatic heterocycles. The van der Waals surface area contributed by atoms with Gasteiger partial charge in [-0.15, -0.1) is 0 Å². The topological polar surface area (TPSA) is 65.1 Å². The van der Waals surface area contributed by atoms with E-state index in [2.05, 4.69) is 0 Å². The van der Waals surface area contributed by atoms with Gasteiger partial charge in [0.1, 0.15) is 5.60 Å². The zero-order valence-electron chi connectivity index (χ0n) is 13.4. The van der Waals surface area contributed by atoms with Crippen molar-refractivity contribution in [3.63, 3.8) is 0 Å². The Bertz CT molecular complexity index is 428. The van der Waals surface area contributed by atoms with E-state index in [1.165, 1.54) is 0 Å². The Morgan fingerprint density at radius 3 is 2.50 bits per heavy atom. The number of esters is 1. The van der Waals surface area contributed by atoms with Crippen LogP contribution >= 0.6 is 11.6 Å². The molecule has 0 aromatic rings. The zero-order valence-corrected chi connectivity index (χ0v) is 14.1. The predicted octanol–water partition coefficient (Wildman–Crippen LogP) is 2.39. The lowest BCUT2D eigenvalue weighted by Gasteiger charge is -2.36. The molecule has 2 fully saturated rings. The molecule has 2 saturated heterocycles. The number of amides is 1. The van der Waals surface area contributed by atoms with Gasteiger partial charge in [-0.25, -0.2) is 4.79 Å². The van der Waals surface area contributed by atoms with Crippen LogP contribution in [0.25, 0.3) is 0 Å². The normalized spacial score (nSPS) is 24.4. The van der Waals surface area contributed by atoms with Crippen molar-refractivity contribution in [2.75, 3.05) is 32.4 Å². The van der Waals surface area contributed by atoms with Gasteiger partial charge in [-0.1, -0.05) is 11.6 Å². The highest BCUT2D eigenvalue weighted by molar-refractivity contribution is 6.17. The Morgan fingerprint density at radius 2 is 1.95 bits per heavy atom. The molecule has 1 spiro atoms. The lowest BCUT2D eigenvalue weighted by molar-refractivity contribution is -0.151. The minimum absolute atomic E-state index is 0.172. The lowest BCUT2D eigenvalue weighted by Crippen LogP contribution is -2.41. The molecule has 6 nitrogen and oxygen atoms in total. The summed E-state index contributed by atoms with van der Waals surface area (Å²) in [6, 6.07) is -0.172. The summed E-state index contributed by atoms with van der Waals surface area (Å²) in [5, 5.41) is 0. The number of ether oxygens (including phenoxy) is 3. The van der Waals surface area contributed by atoms with Crippen LogP contribution in [0, 0.1) is 11.3 Å². The SMILES string of the molecule is CC(C)(C)OC(=O)N1CC(C(=O)OCCl)C2(CCOCC2)C1. The van der Waals surface area contributed by atoms with E-state index in [4.69, 9.17) is 25.8 Å². The van der Waals surface area contributed by atoms with Gasteiger partial charge in [0.15, 0.2) is 6.07 Å². The second-order valence-electron chi connectivity index (χ2n) is 6.96. The van der Waals surface area contributed by atoms with Gasteiger partial charge < -0.3 is 19.1 Å². The molecule has 0 aromatic carbocycles. The van der Waals surface area contributed by atoms with Crippen molar-refractivity contribution in [2.45, 2.75) is 39.2 Å². The van der Waals surface area contributed by atoms with Crippen molar-refractivity contribution in [1.29, 1.82) is 0 Å². The minimum atomic E-state index is -0.561. The molecule has 7 heteroatoms. The van der Waals surface area contributed by atoms with Gasteiger partial charge in [-0.3, -0.25) is 4.79 Å². The third kappa shape index (κ3) is 3.84. The predicted molar refractivity (Wildman–Crippen MR) is 80.6 cm³/mol. The lowest BCUT2D eigenvalue weighted by atomic mass is 9.72. The van der Waals surface area contributed by atoms with Crippen molar-refractivity contribution in [3.8, 4) is 0 Å². The van der Waals surface area contributed by atoms with E-state index in [0.717, 1.165) is 12.8 Å². The first-order valence-electron chi connectivity index (χ1n) is 7.56. The Hall–Kier alpha value is -1.01. The molecule has 2 aliphatic rings. The van der Waals surface area contributed by atoms with Crippen molar-refractivity contribution < 1.29 is 23.8 Å². The summed E-state index contributed by atoms with van der Waals surface area (Å²) in [5.74, 6) is -0.717. The first-order valence-corrected chi connectivity index (χ1v) is 8.09. The van der Waals surface area contributed by atoms with Crippen LogP contribution in [-0.2, 0) is 19.0 Å². The highest BCUT2D eigenvalue weighted by Crippen LogP contribution is 2.45. The van der Waals surface area contributed by atoms with E-state index in [-0.39, 0.29) is 29.5 Å². The first kappa shape index (κ1) is 17.3. The fraction of sp³-hybridized carbons (Fsp3) is 0.867. The molecule has 1 amide bonds. The van der Waals surface area contributed by atoms with Crippen LogP contribution in [0.5, 0.6) is 0 Å². The average molecular weight is 334 g/mol. The summed E-state index contributed by atoms with van der Waals surface area (Å²) in [7, 11) is 0. The summed E-state index contributed by atoms with van der Waals surface area (Å²) in [6.45, 7) is 7.46. The van der Waals surface area contributed by atoms with Gasteiger partial charge in [0.05, 0.1) is 5.92 Å². The molecule has 2 rings (SSSR count). The van der Waals surface area contributed by atoms with Crippen molar-refractivity contribution in [2.24, 2.45) is 11.3 Å². The standard InChI is InChI=1S/C15H24ClNO5/c1-14(2,3)22-13(19)17-8-11(12(18)21-10-16)15(9-17)4-6-20-7-5-15/h11H,4-10H2,1-3H3. The fourth-order valence-corrected chi connectivity index (χ4v) is 3.31. The molecular weight excluding hydrogens is 310 g/mol. The molecular formula is C15H24ClNO5. The molecule has 126 valence electrons. The van der Waals surface area contributed by atoms with Gasteiger partial charge in [0, 0.05) is 31.7 Å². The van der Waals surface area contributed by atoms with Crippen LogP contribution in [0.2, 0.25) is 0 Å². The van der Waals surface area contributed by atoms with Crippen LogP contribution < -0.4 is 0 Å². The monoisotopic (exact) mass is 333 g/mol. The van der Waals surface area contributed by atoms with E-state index in [9.17, 15) is 9.59 Å². The Balaban J connectivity index is 2.14. The van der Waals surface area contributed by atoms with Crippen LogP contribution in [0.4, 0.5) is 4.79 Å². The number of likely N-dealkylation sites (tertiary alicyclic amines) is 1. The second-order valence-corrected chi connectivity index (χ2v) is 7.18. The summed E-state index contributed by atoms with van der Waals surface area (Å²) in [5.41, 5.74) is -0.854. The number of rotatable bonds is 2. The van der Waals surface area contributed by atoms with E-state index < -0.39 is 5.60 Å². The smallest absolute Gasteiger partial charge is 0.410 e. The maximum Gasteiger partial charge on any atom is 0.410 e. The van der Waals surface area contributed by atoms with Crippen molar-refractivity contribution in [3.05, 3.63) is 0 Å². The first-order chi connectivity index (χ1) is 10.3. The van der Waals surface area contributed by atoms with Gasteiger partial charge in [0.2, 0.25) is 0 Å². The van der Waals surface area contributed by atoms with Gasteiger partial charge >= 0.3 is 12.1 Å². The average Bonchev–Trinajstić information content (AvgIpc) is 2.77. The van der Waals surface area contributed by atoms with Crippen LogP contribution in [0.15, 0.2) is 0 Å². The van der Waals surface area contributed by atoms with E-state index in [0.29, 0.717) is 26.3 Å². The van der Waals surface area contributed by atoms with Crippen LogP contribution in [0.1, 0.15) is 33.6 Å². The number of hydrogen-bond donors (Lipinski definition) is 0. The maximum absolute atomic E-state index is 12.3. The van der Waals surface area contributed by atoms with Crippen molar-refractivity contribution in [1.82, 2.24) is 4.90 Å². The molecule has 0 N–H and O–H groups in total. The van der Waals surface area contributed by atoms with Gasteiger partial charge in [0.25, 0.3) is 0 Å². The number of carbonyl (C=O) groups is 2. The quantitative estimate of drug-likeness (QED) is 0.573. The summed E-state index contributed by atoms with van der Waals surface area (Å²) >= 11 is 5.52. The van der Waals surface area contributed by atoms with Gasteiger partial charge in [-0.05, 0) is 33.6 Å². The molecule has 1 atom stereocenters. The highest BCUT2D eigenvalue weighted by Gasteiger charge is 2.53. The Morgan fingerprint density at radius 1 is 1.32 bits per heavy atom. The summed E-state index contributed by atoms with van der Waals surface area (Å²) in [6.07, 6.45) is 1.07. The Labute approximate surface area is 136 Å². The second kappa shape index (κ2) is 6.62. The van der Waals surface area contributed by atoms with E-state index in [1.54, 1.807) is 4.90 Å². The molecule has 2 aliphatic heterocycles. The van der Waals surface area contributed by atoms with Crippen LogP contribution in [0.3, 0.4) is 0 Å². The summed E-state index contributed by atoms with van der Waals surface area (Å²) < 4.78 is 15.8. The van der Waals surface area contributed by atoms with Gasteiger partial charge in [-0.2, -0.15) is 0 Å². The molecule has 2 heterocycles. The maximum atomic E-state index is 12.3. The highest BCUT2D eigenvalue weighted by atomic mass is 35.5. The third-order valence-electron chi connectivity index (χ3n) is 4.27. The Kier molecular flexibility index (Phi) is 5.22. The zero-order chi connectivity index (χ0) is 16.4. The number of alkyl halides is 1. The third-order valence-corrected chi connectivity index (χ3v) is 4.38. The van der Waals surface area contributed by atoms with Crippen molar-refractivity contribution >= 4 is 23.7 Å². The number of nitrogens with zero attached hydrogens (tertiary/aromatic N) is 1. The molecule has 0 aliphatic carbocycles. The van der Waals surface area contributed by atoms with Crippen LogP contribution in [-0.4, -0.2) is 54.9 Å². The number of carbonyl (C=O) groups excluding carboxylic acids is 2. The number of hydrogen-bond acceptors (Lipinski definition) is 5. The largest absolute Gasteiger partial charge is 0.449 e. The van der Waals surface area contributed by atoms with E-state index >= 15 is 0 Å².